The lowest BCUT2D eigenvalue weighted by molar-refractivity contribution is 0.271. The third-order valence-corrected chi connectivity index (χ3v) is 12.0. The van der Waals surface area contributed by atoms with Crippen LogP contribution in [0.3, 0.4) is 0 Å². The first-order chi connectivity index (χ1) is 16.8. The van der Waals surface area contributed by atoms with E-state index in [9.17, 15) is 4.21 Å². The molecule has 0 radical (unpaired) electrons. The average Bonchev–Trinajstić information content (AvgIpc) is 2.99. The van der Waals surface area contributed by atoms with Gasteiger partial charge in [0.25, 0.3) is 0 Å². The molecule has 2 aromatic rings. The van der Waals surface area contributed by atoms with Crippen LogP contribution < -0.4 is 8.37 Å². The molecule has 5 rings (SSSR count). The van der Waals surface area contributed by atoms with Gasteiger partial charge in [-0.05, 0) is 120 Å². The van der Waals surface area contributed by atoms with Gasteiger partial charge in [0.2, 0.25) is 0 Å². The second-order valence-corrected chi connectivity index (χ2v) is 13.3. The quantitative estimate of drug-likeness (QED) is 0.333. The number of hydrogen-bond donors (Lipinski definition) is 0. The molecule has 0 N–H and O–H groups in total. The van der Waals surface area contributed by atoms with Crippen LogP contribution in [0, 0.1) is 51.4 Å². The number of hydrogen-bond acceptors (Lipinski definition) is 3. The van der Waals surface area contributed by atoms with E-state index < -0.39 is 11.4 Å². The van der Waals surface area contributed by atoms with E-state index in [1.807, 2.05) is 0 Å². The van der Waals surface area contributed by atoms with Gasteiger partial charge in [0, 0.05) is 11.1 Å². The Bertz CT molecular complexity index is 1190. The van der Waals surface area contributed by atoms with E-state index in [-0.39, 0.29) is 14.9 Å². The van der Waals surface area contributed by atoms with Gasteiger partial charge in [-0.25, -0.2) is 0 Å². The van der Waals surface area contributed by atoms with E-state index in [0.717, 1.165) is 33.8 Å². The average molecular weight is 541 g/mol. The lowest BCUT2D eigenvalue weighted by atomic mass is 9.60. The molecule has 0 saturated carbocycles. The lowest BCUT2D eigenvalue weighted by Gasteiger charge is -2.44. The molecule has 0 spiro atoms. The zero-order valence-electron chi connectivity index (χ0n) is 24.3. The van der Waals surface area contributed by atoms with Crippen molar-refractivity contribution in [3.63, 3.8) is 0 Å². The standard InChI is InChI=1S/C32H44O3S.2CH4/c1-13-15(3)19(7)27-25(17(13)5)21(9)23(11)31-29(27)30-28-20(8)16(4)14(2)18(6)26(28)22(10)24(12)32(30)35-36(33)34-31;;/h13-20H,1-12H3;2*1H4. The molecular weight excluding hydrogens is 488 g/mol. The molecule has 1 aliphatic heterocycles. The molecule has 0 bridgehead atoms. The second kappa shape index (κ2) is 10.3. The normalized spacial score (nSPS) is 33.1. The lowest BCUT2D eigenvalue weighted by Crippen LogP contribution is -2.31. The second-order valence-electron chi connectivity index (χ2n) is 12.5. The van der Waals surface area contributed by atoms with Crippen LogP contribution in [0.5, 0.6) is 11.5 Å². The Labute approximate surface area is 236 Å². The fourth-order valence-corrected chi connectivity index (χ4v) is 8.61. The molecule has 4 heteroatoms. The summed E-state index contributed by atoms with van der Waals surface area (Å²) in [4.78, 5) is 0. The van der Waals surface area contributed by atoms with Gasteiger partial charge >= 0.3 is 11.4 Å². The summed E-state index contributed by atoms with van der Waals surface area (Å²) in [5.41, 5.74) is 12.8. The maximum atomic E-state index is 13.3. The van der Waals surface area contributed by atoms with Crippen LogP contribution in [0.4, 0.5) is 0 Å². The van der Waals surface area contributed by atoms with Gasteiger partial charge in [0.05, 0.1) is 0 Å². The molecular formula is C34H52O3S. The molecule has 212 valence electrons. The van der Waals surface area contributed by atoms with E-state index in [2.05, 4.69) is 83.1 Å². The number of rotatable bonds is 0. The first-order valence-electron chi connectivity index (χ1n) is 13.9. The zero-order valence-corrected chi connectivity index (χ0v) is 25.1. The van der Waals surface area contributed by atoms with Crippen LogP contribution in [0.15, 0.2) is 0 Å². The van der Waals surface area contributed by atoms with Crippen molar-refractivity contribution in [3.8, 4) is 22.6 Å². The van der Waals surface area contributed by atoms with Gasteiger partial charge in [-0.2, -0.15) is 4.21 Å². The van der Waals surface area contributed by atoms with Crippen LogP contribution in [0.1, 0.15) is 138 Å². The summed E-state index contributed by atoms with van der Waals surface area (Å²) in [5.74, 6) is 5.42. The summed E-state index contributed by atoms with van der Waals surface area (Å²) < 4.78 is 25.7. The topological polar surface area (TPSA) is 35.5 Å². The molecule has 0 fully saturated rings. The first-order valence-corrected chi connectivity index (χ1v) is 14.9. The van der Waals surface area contributed by atoms with Gasteiger partial charge in [0.1, 0.15) is 0 Å². The van der Waals surface area contributed by atoms with E-state index in [4.69, 9.17) is 8.37 Å². The highest BCUT2D eigenvalue weighted by Crippen LogP contribution is 2.61. The maximum absolute atomic E-state index is 13.3. The van der Waals surface area contributed by atoms with Gasteiger partial charge in [-0.15, -0.1) is 0 Å². The molecule has 0 amide bonds. The van der Waals surface area contributed by atoms with Crippen molar-refractivity contribution >= 4 is 11.4 Å². The largest absolute Gasteiger partial charge is 0.417 e. The molecule has 38 heavy (non-hydrogen) atoms. The monoisotopic (exact) mass is 540 g/mol. The Kier molecular flexibility index (Phi) is 8.33. The van der Waals surface area contributed by atoms with Crippen LogP contribution in [-0.4, -0.2) is 4.21 Å². The smallest absolute Gasteiger partial charge is 0.370 e. The number of benzene rings is 2. The molecule has 8 atom stereocenters. The van der Waals surface area contributed by atoms with Gasteiger partial charge < -0.3 is 8.37 Å². The van der Waals surface area contributed by atoms with Crippen molar-refractivity contribution in [2.75, 3.05) is 0 Å². The third kappa shape index (κ3) is 3.91. The molecule has 0 aromatic heterocycles. The SMILES string of the molecule is C.C.Cc1c(C)c2c(c3c1OS(=O)Oc1c(C)c(C)c4c(c1-3)C(C)C(C)C(C)C4C)C(C)C(C)C(C)C2C. The first kappa shape index (κ1) is 30.7. The van der Waals surface area contributed by atoms with Crippen LogP contribution in [0.2, 0.25) is 0 Å². The van der Waals surface area contributed by atoms with Crippen molar-refractivity contribution in [2.45, 2.75) is 122 Å². The Morgan fingerprint density at radius 2 is 0.737 bits per heavy atom. The van der Waals surface area contributed by atoms with E-state index >= 15 is 0 Å². The van der Waals surface area contributed by atoms with Gasteiger partial charge in [0.15, 0.2) is 11.5 Å². The highest BCUT2D eigenvalue weighted by molar-refractivity contribution is 7.76. The van der Waals surface area contributed by atoms with Crippen LogP contribution in [0.25, 0.3) is 11.1 Å². The van der Waals surface area contributed by atoms with Crippen molar-refractivity contribution < 1.29 is 12.6 Å². The molecule has 2 aromatic carbocycles. The van der Waals surface area contributed by atoms with Gasteiger partial charge in [-0.3, -0.25) is 0 Å². The Morgan fingerprint density at radius 1 is 0.474 bits per heavy atom. The summed E-state index contributed by atoms with van der Waals surface area (Å²) in [7, 11) is 0. The Morgan fingerprint density at radius 3 is 1.03 bits per heavy atom. The minimum atomic E-state index is -1.89. The Balaban J connectivity index is 0.00000200. The minimum absolute atomic E-state index is 0. The predicted octanol–water partition coefficient (Wildman–Crippen LogP) is 10.2. The zero-order chi connectivity index (χ0) is 26.5. The molecule has 3 nitrogen and oxygen atoms in total. The molecule has 3 aliphatic rings. The van der Waals surface area contributed by atoms with Gasteiger partial charge in [-0.1, -0.05) is 70.2 Å². The van der Waals surface area contributed by atoms with E-state index in [1.165, 1.54) is 33.4 Å². The summed E-state index contributed by atoms with van der Waals surface area (Å²) in [6, 6.07) is 0. The third-order valence-electron chi connectivity index (χ3n) is 11.4. The fraction of sp³-hybridized carbons (Fsp3) is 0.647. The van der Waals surface area contributed by atoms with Crippen LogP contribution >= 0.6 is 0 Å². The summed E-state index contributed by atoms with van der Waals surface area (Å²) in [6.45, 7) is 27.9. The molecule has 1 heterocycles. The van der Waals surface area contributed by atoms with Crippen LogP contribution in [-0.2, 0) is 11.4 Å². The van der Waals surface area contributed by atoms with Crippen molar-refractivity contribution in [1.82, 2.24) is 0 Å². The van der Waals surface area contributed by atoms with E-state index in [1.54, 1.807) is 0 Å². The van der Waals surface area contributed by atoms with Crippen molar-refractivity contribution in [3.05, 3.63) is 44.5 Å². The highest BCUT2D eigenvalue weighted by atomic mass is 32.2. The summed E-state index contributed by atoms with van der Waals surface area (Å²) in [6.07, 6.45) is 0. The molecule has 2 aliphatic carbocycles. The summed E-state index contributed by atoms with van der Waals surface area (Å²) >= 11 is -1.89. The number of fused-ring (bicyclic) bond motifs is 7. The maximum Gasteiger partial charge on any atom is 0.417 e. The Hall–Kier alpha value is -1.81. The predicted molar refractivity (Wildman–Crippen MR) is 164 cm³/mol. The fourth-order valence-electron chi connectivity index (χ4n) is 7.89. The minimum Gasteiger partial charge on any atom is -0.370 e. The highest BCUT2D eigenvalue weighted by Gasteiger charge is 2.44. The van der Waals surface area contributed by atoms with Crippen molar-refractivity contribution in [2.24, 2.45) is 23.7 Å². The van der Waals surface area contributed by atoms with Crippen molar-refractivity contribution in [1.29, 1.82) is 0 Å². The molecule has 8 unspecified atom stereocenters. The molecule has 0 saturated heterocycles. The van der Waals surface area contributed by atoms with E-state index in [0.29, 0.717) is 47.3 Å². The summed E-state index contributed by atoms with van der Waals surface area (Å²) in [5, 5.41) is 0.